The summed E-state index contributed by atoms with van der Waals surface area (Å²) >= 11 is 0. The van der Waals surface area contributed by atoms with Crippen LogP contribution in [0, 0.1) is 0 Å². The summed E-state index contributed by atoms with van der Waals surface area (Å²) in [5.74, 6) is -0.545. The summed E-state index contributed by atoms with van der Waals surface area (Å²) in [4.78, 5) is 27.4. The average molecular weight is 266 g/mol. The average Bonchev–Trinajstić information content (AvgIpc) is 2.92. The molecule has 6 heteroatoms. The zero-order chi connectivity index (χ0) is 13.9. The molecule has 4 rings (SSSR count). The smallest absolute Gasteiger partial charge is 0.342 e. The molecule has 6 nitrogen and oxygen atoms in total. The number of anilines is 1. The number of para-hydroxylation sites is 1. The van der Waals surface area contributed by atoms with Gasteiger partial charge < -0.3 is 16.4 Å². The lowest BCUT2D eigenvalue weighted by molar-refractivity contribution is -0.114. The van der Waals surface area contributed by atoms with E-state index in [4.69, 9.17) is 5.73 Å². The maximum absolute atomic E-state index is 11.7. The molecular weight excluding hydrogens is 256 g/mol. The Bertz CT molecular complexity index is 775. The van der Waals surface area contributed by atoms with Crippen LogP contribution in [0.1, 0.15) is 5.56 Å². The van der Waals surface area contributed by atoms with E-state index >= 15 is 0 Å². The van der Waals surface area contributed by atoms with Crippen LogP contribution in [0.15, 0.2) is 52.7 Å². The fourth-order valence-electron chi connectivity index (χ4n) is 3.01. The maximum Gasteiger partial charge on any atom is 0.342 e. The summed E-state index contributed by atoms with van der Waals surface area (Å²) < 4.78 is 0. The van der Waals surface area contributed by atoms with Crippen molar-refractivity contribution in [3.05, 3.63) is 53.3 Å². The molecule has 2 heterocycles. The molecule has 1 aliphatic carbocycles. The molecule has 0 radical (unpaired) electrons. The largest absolute Gasteiger partial charge is 0.366 e. The standard InChI is InChI=1S/C14H10N4O2/c15-12(19)7-5-6-10-14(18-13(20)17-10)8-3-1-2-4-9(8)16-11(7)14/h1-6,16H,(H2,15,19)(H,18,20). The van der Waals surface area contributed by atoms with Crippen molar-refractivity contribution in [2.45, 2.75) is 5.54 Å². The highest BCUT2D eigenvalue weighted by Gasteiger charge is 2.54. The SMILES string of the molecule is NC(=O)C1=C2Nc3ccccc3C23NC(=O)N=C3C=C1. The molecule has 98 valence electrons. The molecule has 0 aromatic heterocycles. The number of primary amides is 1. The molecule has 3 amide bonds. The van der Waals surface area contributed by atoms with Gasteiger partial charge in [-0.1, -0.05) is 18.2 Å². The Morgan fingerprint density at radius 2 is 2.05 bits per heavy atom. The van der Waals surface area contributed by atoms with Crippen LogP contribution in [0.5, 0.6) is 0 Å². The normalized spacial score (nSPS) is 25.4. The van der Waals surface area contributed by atoms with E-state index < -0.39 is 17.5 Å². The van der Waals surface area contributed by atoms with Crippen LogP contribution in [-0.2, 0) is 10.3 Å². The van der Waals surface area contributed by atoms with E-state index in [0.29, 0.717) is 17.0 Å². The Balaban J connectivity index is 2.07. The van der Waals surface area contributed by atoms with Gasteiger partial charge in [0.1, 0.15) is 0 Å². The van der Waals surface area contributed by atoms with Crippen LogP contribution in [0.4, 0.5) is 10.5 Å². The highest BCUT2D eigenvalue weighted by atomic mass is 16.2. The summed E-state index contributed by atoms with van der Waals surface area (Å²) in [5.41, 5.74) is 7.71. The third-order valence-corrected chi connectivity index (χ3v) is 3.81. The molecule has 1 spiro atoms. The van der Waals surface area contributed by atoms with Crippen LogP contribution in [-0.4, -0.2) is 17.6 Å². The Kier molecular flexibility index (Phi) is 1.84. The number of hydrogen-bond acceptors (Lipinski definition) is 3. The zero-order valence-electron chi connectivity index (χ0n) is 10.3. The number of hydrogen-bond donors (Lipinski definition) is 3. The number of nitrogens with one attached hydrogen (secondary N) is 2. The summed E-state index contributed by atoms with van der Waals surface area (Å²) in [6.07, 6.45) is 3.25. The molecule has 1 unspecified atom stereocenters. The maximum atomic E-state index is 11.7. The number of amides is 3. The lowest BCUT2D eigenvalue weighted by Gasteiger charge is -2.30. The van der Waals surface area contributed by atoms with Gasteiger partial charge in [-0.15, -0.1) is 0 Å². The lowest BCUT2D eigenvalue weighted by Crippen LogP contribution is -2.47. The van der Waals surface area contributed by atoms with E-state index in [1.54, 1.807) is 12.2 Å². The highest BCUT2D eigenvalue weighted by Crippen LogP contribution is 2.47. The minimum Gasteiger partial charge on any atom is -0.366 e. The number of urea groups is 1. The van der Waals surface area contributed by atoms with E-state index in [1.165, 1.54) is 0 Å². The van der Waals surface area contributed by atoms with Crippen molar-refractivity contribution < 1.29 is 9.59 Å². The number of nitrogens with two attached hydrogens (primary N) is 1. The van der Waals surface area contributed by atoms with Crippen molar-refractivity contribution in [3.8, 4) is 0 Å². The van der Waals surface area contributed by atoms with Gasteiger partial charge in [0.2, 0.25) is 0 Å². The number of rotatable bonds is 1. The Labute approximate surface area is 114 Å². The van der Waals surface area contributed by atoms with Gasteiger partial charge in [-0.3, -0.25) is 4.79 Å². The first kappa shape index (κ1) is 11.0. The lowest BCUT2D eigenvalue weighted by atomic mass is 9.80. The Morgan fingerprint density at radius 1 is 1.25 bits per heavy atom. The third-order valence-electron chi connectivity index (χ3n) is 3.81. The Morgan fingerprint density at radius 3 is 2.85 bits per heavy atom. The molecule has 1 aromatic carbocycles. The molecule has 0 bridgehead atoms. The van der Waals surface area contributed by atoms with Crippen molar-refractivity contribution in [1.82, 2.24) is 5.32 Å². The van der Waals surface area contributed by atoms with Crippen molar-refractivity contribution in [2.75, 3.05) is 5.32 Å². The van der Waals surface area contributed by atoms with Gasteiger partial charge in [0, 0.05) is 11.3 Å². The first-order chi connectivity index (χ1) is 9.63. The number of carbonyl (C=O) groups is 2. The van der Waals surface area contributed by atoms with Gasteiger partial charge in [0.15, 0.2) is 5.54 Å². The molecule has 0 fully saturated rings. The van der Waals surface area contributed by atoms with Gasteiger partial charge in [0.25, 0.3) is 5.91 Å². The summed E-state index contributed by atoms with van der Waals surface area (Å²) in [5, 5.41) is 6.03. The topological polar surface area (TPSA) is 96.6 Å². The molecule has 4 N–H and O–H groups in total. The minimum absolute atomic E-state index is 0.349. The predicted octanol–water partition coefficient (Wildman–Crippen LogP) is 0.781. The number of nitrogens with zero attached hydrogens (tertiary/aromatic N) is 1. The van der Waals surface area contributed by atoms with Gasteiger partial charge in [-0.25, -0.2) is 4.79 Å². The molecule has 2 aliphatic heterocycles. The van der Waals surface area contributed by atoms with E-state index in [-0.39, 0.29) is 0 Å². The molecular formula is C14H10N4O2. The molecule has 0 saturated carbocycles. The first-order valence-corrected chi connectivity index (χ1v) is 6.13. The Hall–Kier alpha value is -2.89. The highest BCUT2D eigenvalue weighted by molar-refractivity contribution is 6.21. The van der Waals surface area contributed by atoms with E-state index in [0.717, 1.165) is 11.3 Å². The first-order valence-electron chi connectivity index (χ1n) is 6.13. The van der Waals surface area contributed by atoms with Crippen molar-refractivity contribution in [3.63, 3.8) is 0 Å². The molecule has 0 saturated heterocycles. The van der Waals surface area contributed by atoms with Crippen molar-refractivity contribution >= 4 is 23.3 Å². The van der Waals surface area contributed by atoms with E-state index in [2.05, 4.69) is 15.6 Å². The molecule has 1 aromatic rings. The van der Waals surface area contributed by atoms with E-state index in [9.17, 15) is 9.59 Å². The van der Waals surface area contributed by atoms with Crippen LogP contribution < -0.4 is 16.4 Å². The summed E-state index contributed by atoms with van der Waals surface area (Å²) in [7, 11) is 0. The molecule has 20 heavy (non-hydrogen) atoms. The number of benzene rings is 1. The quantitative estimate of drug-likeness (QED) is 0.700. The van der Waals surface area contributed by atoms with Crippen molar-refractivity contribution in [2.24, 2.45) is 10.7 Å². The predicted molar refractivity (Wildman–Crippen MR) is 73.1 cm³/mol. The monoisotopic (exact) mass is 266 g/mol. The van der Waals surface area contributed by atoms with Crippen LogP contribution >= 0.6 is 0 Å². The van der Waals surface area contributed by atoms with Crippen LogP contribution in [0.3, 0.4) is 0 Å². The number of fused-ring (bicyclic) bond motifs is 1. The number of aliphatic imine (C=N–C) groups is 1. The second-order valence-corrected chi connectivity index (χ2v) is 4.83. The number of carbonyl (C=O) groups excluding carboxylic acids is 2. The fraction of sp³-hybridized carbons (Fsp3) is 0.0714. The van der Waals surface area contributed by atoms with Gasteiger partial charge >= 0.3 is 6.03 Å². The molecule has 3 aliphatic rings. The zero-order valence-corrected chi connectivity index (χ0v) is 10.3. The third kappa shape index (κ3) is 1.11. The van der Waals surface area contributed by atoms with E-state index in [1.807, 2.05) is 24.3 Å². The molecule has 1 atom stereocenters. The summed E-state index contributed by atoms with van der Waals surface area (Å²) in [6.45, 7) is 0. The minimum atomic E-state index is -0.910. The van der Waals surface area contributed by atoms with Gasteiger partial charge in [-0.05, 0) is 18.2 Å². The second-order valence-electron chi connectivity index (χ2n) is 4.83. The van der Waals surface area contributed by atoms with Crippen molar-refractivity contribution in [1.29, 1.82) is 0 Å². The van der Waals surface area contributed by atoms with Gasteiger partial charge in [0.05, 0.1) is 17.0 Å². The van der Waals surface area contributed by atoms with Gasteiger partial charge in [-0.2, -0.15) is 4.99 Å². The van der Waals surface area contributed by atoms with Crippen LogP contribution in [0.25, 0.3) is 0 Å². The second kappa shape index (κ2) is 3.36. The van der Waals surface area contributed by atoms with Crippen LogP contribution in [0.2, 0.25) is 0 Å². The fourth-order valence-corrected chi connectivity index (χ4v) is 3.01. The summed E-state index contributed by atoms with van der Waals surface area (Å²) in [6, 6.07) is 7.12.